The molecular formula is C13H23NO4. The number of rotatable bonds is 5. The molecule has 1 fully saturated rings. The van der Waals surface area contributed by atoms with Crippen LogP contribution in [0.2, 0.25) is 0 Å². The van der Waals surface area contributed by atoms with Crippen LogP contribution in [0.5, 0.6) is 0 Å². The second kappa shape index (κ2) is 6.18. The average Bonchev–Trinajstić information content (AvgIpc) is 2.29. The summed E-state index contributed by atoms with van der Waals surface area (Å²) < 4.78 is 5.21. The van der Waals surface area contributed by atoms with E-state index in [1.54, 1.807) is 6.92 Å². The van der Waals surface area contributed by atoms with Gasteiger partial charge in [0.15, 0.2) is 0 Å². The van der Waals surface area contributed by atoms with Crippen LogP contribution in [0.25, 0.3) is 0 Å². The van der Waals surface area contributed by atoms with Crippen molar-refractivity contribution >= 4 is 11.9 Å². The number of hydrogen-bond donors (Lipinski definition) is 2. The van der Waals surface area contributed by atoms with Gasteiger partial charge in [0.2, 0.25) is 5.91 Å². The molecule has 1 aliphatic rings. The van der Waals surface area contributed by atoms with Crippen LogP contribution in [0.3, 0.4) is 0 Å². The number of carbonyl (C=O) groups is 2. The Labute approximate surface area is 108 Å². The fraction of sp³-hybridized carbons (Fsp3) is 0.846. The van der Waals surface area contributed by atoms with Crippen LogP contribution in [0.15, 0.2) is 0 Å². The fourth-order valence-electron chi connectivity index (χ4n) is 2.30. The lowest BCUT2D eigenvalue weighted by atomic mass is 9.71. The molecule has 0 spiro atoms. The van der Waals surface area contributed by atoms with E-state index in [1.165, 1.54) is 0 Å². The molecule has 18 heavy (non-hydrogen) atoms. The highest BCUT2D eigenvalue weighted by Gasteiger charge is 2.43. The maximum absolute atomic E-state index is 11.7. The molecule has 0 bridgehead atoms. The van der Waals surface area contributed by atoms with Crippen molar-refractivity contribution in [2.45, 2.75) is 58.6 Å². The average molecular weight is 257 g/mol. The van der Waals surface area contributed by atoms with Crippen molar-refractivity contribution in [2.24, 2.45) is 5.41 Å². The van der Waals surface area contributed by atoms with Gasteiger partial charge >= 0.3 is 5.97 Å². The van der Waals surface area contributed by atoms with Gasteiger partial charge in [-0.15, -0.1) is 0 Å². The molecule has 0 saturated heterocycles. The minimum atomic E-state index is -0.855. The Balaban J connectivity index is 2.57. The second-order valence-electron chi connectivity index (χ2n) is 5.45. The first kappa shape index (κ1) is 15.0. The lowest BCUT2D eigenvalue weighted by Gasteiger charge is -2.38. The molecule has 0 aromatic carbocycles. The van der Waals surface area contributed by atoms with Gasteiger partial charge in [-0.25, -0.2) is 0 Å². The van der Waals surface area contributed by atoms with Gasteiger partial charge in [-0.1, -0.05) is 12.8 Å². The third-order valence-corrected chi connectivity index (χ3v) is 3.58. The fourth-order valence-corrected chi connectivity index (χ4v) is 2.30. The van der Waals surface area contributed by atoms with Crippen molar-refractivity contribution in [1.29, 1.82) is 0 Å². The Morgan fingerprint density at radius 3 is 2.67 bits per heavy atom. The molecule has 2 unspecified atom stereocenters. The zero-order valence-electron chi connectivity index (χ0n) is 11.4. The van der Waals surface area contributed by atoms with Gasteiger partial charge < -0.3 is 15.2 Å². The van der Waals surface area contributed by atoms with Crippen molar-refractivity contribution in [1.82, 2.24) is 5.32 Å². The van der Waals surface area contributed by atoms with Crippen molar-refractivity contribution in [2.75, 3.05) is 6.61 Å². The molecule has 0 radical (unpaired) electrons. The van der Waals surface area contributed by atoms with E-state index in [-0.39, 0.29) is 24.7 Å². The molecule has 104 valence electrons. The third-order valence-electron chi connectivity index (χ3n) is 3.58. The summed E-state index contributed by atoms with van der Waals surface area (Å²) in [4.78, 5) is 23.0. The van der Waals surface area contributed by atoms with Crippen LogP contribution in [-0.4, -0.2) is 35.7 Å². The molecule has 1 saturated carbocycles. The topological polar surface area (TPSA) is 75.6 Å². The van der Waals surface area contributed by atoms with Crippen molar-refractivity contribution in [3.63, 3.8) is 0 Å². The van der Waals surface area contributed by atoms with Crippen LogP contribution in [0, 0.1) is 5.41 Å². The minimum Gasteiger partial charge on any atom is -0.481 e. The van der Waals surface area contributed by atoms with Gasteiger partial charge in [-0.3, -0.25) is 9.59 Å². The normalized spacial score (nSPS) is 28.1. The predicted molar refractivity (Wildman–Crippen MR) is 67.2 cm³/mol. The number of ether oxygens (including phenoxy) is 1. The van der Waals surface area contributed by atoms with Crippen LogP contribution in [0.4, 0.5) is 0 Å². The lowest BCUT2D eigenvalue weighted by molar-refractivity contribution is -0.152. The summed E-state index contributed by atoms with van der Waals surface area (Å²) in [6, 6.07) is -0.299. The summed E-state index contributed by atoms with van der Waals surface area (Å²) in [5.74, 6) is -1.07. The maximum Gasteiger partial charge on any atom is 0.311 e. The second-order valence-corrected chi connectivity index (χ2v) is 5.45. The molecule has 0 aliphatic heterocycles. The van der Waals surface area contributed by atoms with E-state index in [0.29, 0.717) is 6.42 Å². The SMILES string of the molecule is CC(C)OCC(=O)NC1CCCCC1(C)C(=O)O. The number of carboxylic acids is 1. The smallest absolute Gasteiger partial charge is 0.311 e. The number of aliphatic carboxylic acids is 1. The molecule has 0 heterocycles. The van der Waals surface area contributed by atoms with E-state index in [4.69, 9.17) is 4.74 Å². The number of nitrogens with one attached hydrogen (secondary N) is 1. The Kier molecular flexibility index (Phi) is 5.14. The first-order valence-corrected chi connectivity index (χ1v) is 6.50. The Morgan fingerprint density at radius 2 is 2.11 bits per heavy atom. The molecular weight excluding hydrogens is 234 g/mol. The summed E-state index contributed by atoms with van der Waals surface area (Å²) in [7, 11) is 0. The molecule has 0 aromatic rings. The lowest BCUT2D eigenvalue weighted by Crippen LogP contribution is -2.53. The predicted octanol–water partition coefficient (Wildman–Crippen LogP) is 1.56. The van der Waals surface area contributed by atoms with E-state index in [9.17, 15) is 14.7 Å². The standard InChI is InChI=1S/C13H23NO4/c1-9(2)18-8-11(15)14-10-6-4-5-7-13(10,3)12(16)17/h9-10H,4-8H2,1-3H3,(H,14,15)(H,16,17). The van der Waals surface area contributed by atoms with Crippen LogP contribution in [-0.2, 0) is 14.3 Å². The van der Waals surface area contributed by atoms with Crippen LogP contribution >= 0.6 is 0 Å². The largest absolute Gasteiger partial charge is 0.481 e. The van der Waals surface area contributed by atoms with Gasteiger partial charge in [-0.2, -0.15) is 0 Å². The molecule has 1 aliphatic carbocycles. The van der Waals surface area contributed by atoms with Crippen molar-refractivity contribution in [3.8, 4) is 0 Å². The van der Waals surface area contributed by atoms with Crippen molar-refractivity contribution in [3.05, 3.63) is 0 Å². The van der Waals surface area contributed by atoms with Crippen molar-refractivity contribution < 1.29 is 19.4 Å². The summed E-state index contributed by atoms with van der Waals surface area (Å²) in [6.07, 6.45) is 3.18. The monoisotopic (exact) mass is 257 g/mol. The summed E-state index contributed by atoms with van der Waals surface area (Å²) in [5.41, 5.74) is -0.855. The van der Waals surface area contributed by atoms with E-state index < -0.39 is 11.4 Å². The number of hydrogen-bond acceptors (Lipinski definition) is 3. The molecule has 2 N–H and O–H groups in total. The first-order valence-electron chi connectivity index (χ1n) is 6.50. The Morgan fingerprint density at radius 1 is 1.44 bits per heavy atom. The van der Waals surface area contributed by atoms with E-state index >= 15 is 0 Å². The zero-order valence-corrected chi connectivity index (χ0v) is 11.4. The van der Waals surface area contributed by atoms with Gasteiger partial charge in [0.1, 0.15) is 6.61 Å². The number of amides is 1. The first-order chi connectivity index (χ1) is 8.36. The summed E-state index contributed by atoms with van der Waals surface area (Å²) in [6.45, 7) is 5.41. The molecule has 0 aromatic heterocycles. The van der Waals surface area contributed by atoms with Gasteiger partial charge in [0.25, 0.3) is 0 Å². The minimum absolute atomic E-state index is 0.00652. The van der Waals surface area contributed by atoms with Crippen LogP contribution in [0.1, 0.15) is 46.5 Å². The highest BCUT2D eigenvalue weighted by molar-refractivity contribution is 5.80. The highest BCUT2D eigenvalue weighted by Crippen LogP contribution is 2.36. The Bertz CT molecular complexity index is 316. The zero-order chi connectivity index (χ0) is 13.8. The molecule has 5 heteroatoms. The number of carboxylic acid groups (broad SMARTS) is 1. The van der Waals surface area contributed by atoms with E-state index in [0.717, 1.165) is 19.3 Å². The quantitative estimate of drug-likeness (QED) is 0.783. The summed E-state index contributed by atoms with van der Waals surface area (Å²) >= 11 is 0. The summed E-state index contributed by atoms with van der Waals surface area (Å²) in [5, 5.41) is 12.1. The van der Waals surface area contributed by atoms with Gasteiger partial charge in [-0.05, 0) is 33.6 Å². The Hall–Kier alpha value is -1.10. The maximum atomic E-state index is 11.7. The van der Waals surface area contributed by atoms with Gasteiger partial charge in [0, 0.05) is 6.04 Å². The number of carbonyl (C=O) groups excluding carboxylic acids is 1. The van der Waals surface area contributed by atoms with E-state index in [2.05, 4.69) is 5.32 Å². The molecule has 1 amide bonds. The molecule has 5 nitrogen and oxygen atoms in total. The van der Waals surface area contributed by atoms with Crippen LogP contribution < -0.4 is 5.32 Å². The van der Waals surface area contributed by atoms with E-state index in [1.807, 2.05) is 13.8 Å². The molecule has 1 rings (SSSR count). The highest BCUT2D eigenvalue weighted by atomic mass is 16.5. The molecule has 2 atom stereocenters. The third kappa shape index (κ3) is 3.70. The van der Waals surface area contributed by atoms with Gasteiger partial charge in [0.05, 0.1) is 11.5 Å².